The molecule has 8 rings (SSSR count). The van der Waals surface area contributed by atoms with E-state index >= 15 is 0 Å². The third kappa shape index (κ3) is 3.61. The van der Waals surface area contributed by atoms with E-state index in [9.17, 15) is 0 Å². The molecule has 1 aliphatic heterocycles. The predicted molar refractivity (Wildman–Crippen MR) is 161 cm³/mol. The van der Waals surface area contributed by atoms with E-state index in [2.05, 4.69) is 114 Å². The zero-order valence-electron chi connectivity index (χ0n) is 20.9. The van der Waals surface area contributed by atoms with Gasteiger partial charge in [0.2, 0.25) is 0 Å². The Bertz CT molecular complexity index is 1970. The molecule has 39 heavy (non-hydrogen) atoms. The number of imidazole rings is 1. The SMILES string of the molecule is c1ccc(-c2ccc(-c3ccc(-c4cccc5c4Oc4cccc6nc(-c7ccccc7)n-5c46)cc3)s2)cc1. The number of fused-ring (bicyclic) bond motifs is 2. The van der Waals surface area contributed by atoms with Crippen LogP contribution in [-0.4, -0.2) is 9.55 Å². The molecular formula is C35H22N2OS. The lowest BCUT2D eigenvalue weighted by molar-refractivity contribution is 0.477. The summed E-state index contributed by atoms with van der Waals surface area (Å²) in [6, 6.07) is 46.6. The molecule has 7 aromatic rings. The normalized spacial score (nSPS) is 11.8. The quantitative estimate of drug-likeness (QED) is 0.232. The molecule has 0 saturated carbocycles. The molecule has 2 aromatic heterocycles. The van der Waals surface area contributed by atoms with Crippen LogP contribution in [0.5, 0.6) is 11.5 Å². The molecule has 0 aliphatic carbocycles. The van der Waals surface area contributed by atoms with Gasteiger partial charge in [0.15, 0.2) is 11.5 Å². The summed E-state index contributed by atoms with van der Waals surface area (Å²) in [7, 11) is 0. The van der Waals surface area contributed by atoms with Crippen molar-refractivity contribution in [3.05, 3.63) is 133 Å². The molecule has 0 bridgehead atoms. The van der Waals surface area contributed by atoms with Crippen molar-refractivity contribution in [2.45, 2.75) is 0 Å². The van der Waals surface area contributed by atoms with Crippen LogP contribution in [0.3, 0.4) is 0 Å². The minimum atomic E-state index is 0.825. The number of rotatable bonds is 4. The molecule has 0 spiro atoms. The number of thiophene rings is 1. The van der Waals surface area contributed by atoms with Crippen molar-refractivity contribution in [2.24, 2.45) is 0 Å². The maximum Gasteiger partial charge on any atom is 0.159 e. The number of para-hydroxylation sites is 2. The lowest BCUT2D eigenvalue weighted by Gasteiger charge is -2.23. The molecule has 5 aromatic carbocycles. The van der Waals surface area contributed by atoms with Crippen LogP contribution in [0, 0.1) is 0 Å². The van der Waals surface area contributed by atoms with Crippen molar-refractivity contribution in [3.63, 3.8) is 0 Å². The Hall–Kier alpha value is -4.93. The average Bonchev–Trinajstić information content (AvgIpc) is 3.65. The molecule has 0 amide bonds. The molecule has 3 nitrogen and oxygen atoms in total. The van der Waals surface area contributed by atoms with E-state index in [0.29, 0.717) is 0 Å². The van der Waals surface area contributed by atoms with E-state index in [1.807, 2.05) is 35.6 Å². The first-order chi connectivity index (χ1) is 19.3. The fourth-order valence-electron chi connectivity index (χ4n) is 5.40. The largest absolute Gasteiger partial charge is 0.452 e. The van der Waals surface area contributed by atoms with Crippen LogP contribution in [0.2, 0.25) is 0 Å². The highest BCUT2D eigenvalue weighted by atomic mass is 32.1. The van der Waals surface area contributed by atoms with E-state index in [1.165, 1.54) is 20.9 Å². The van der Waals surface area contributed by atoms with Crippen molar-refractivity contribution in [1.29, 1.82) is 0 Å². The molecule has 0 N–H and O–H groups in total. The van der Waals surface area contributed by atoms with E-state index in [1.54, 1.807) is 0 Å². The number of nitrogens with zero attached hydrogens (tertiary/aromatic N) is 2. The number of ether oxygens (including phenoxy) is 1. The van der Waals surface area contributed by atoms with Gasteiger partial charge >= 0.3 is 0 Å². The highest BCUT2D eigenvalue weighted by Crippen LogP contribution is 2.47. The van der Waals surface area contributed by atoms with Crippen molar-refractivity contribution in [1.82, 2.24) is 9.55 Å². The van der Waals surface area contributed by atoms with Crippen LogP contribution in [0.4, 0.5) is 0 Å². The summed E-state index contributed by atoms with van der Waals surface area (Å²) >= 11 is 1.82. The Morgan fingerprint density at radius 1 is 0.538 bits per heavy atom. The second-order valence-corrected chi connectivity index (χ2v) is 10.7. The maximum absolute atomic E-state index is 6.59. The lowest BCUT2D eigenvalue weighted by Crippen LogP contribution is -2.06. The predicted octanol–water partition coefficient (Wildman–Crippen LogP) is 9.86. The Kier molecular flexibility index (Phi) is 5.00. The third-order valence-corrected chi connectivity index (χ3v) is 8.45. The molecule has 184 valence electrons. The molecule has 1 aliphatic rings. The van der Waals surface area contributed by atoms with Crippen molar-refractivity contribution in [2.75, 3.05) is 0 Å². The monoisotopic (exact) mass is 518 g/mol. The van der Waals surface area contributed by atoms with Gasteiger partial charge in [0.05, 0.1) is 11.2 Å². The van der Waals surface area contributed by atoms with Gasteiger partial charge in [-0.1, -0.05) is 103 Å². The highest BCUT2D eigenvalue weighted by Gasteiger charge is 2.27. The lowest BCUT2D eigenvalue weighted by atomic mass is 10.0. The summed E-state index contributed by atoms with van der Waals surface area (Å²) in [5.41, 5.74) is 8.65. The summed E-state index contributed by atoms with van der Waals surface area (Å²) in [5, 5.41) is 0. The molecule has 0 atom stereocenters. The number of aromatic nitrogens is 2. The van der Waals surface area contributed by atoms with E-state index in [0.717, 1.165) is 50.7 Å². The van der Waals surface area contributed by atoms with E-state index < -0.39 is 0 Å². The molecular weight excluding hydrogens is 496 g/mol. The van der Waals surface area contributed by atoms with Gasteiger partial charge in [-0.15, -0.1) is 11.3 Å². The van der Waals surface area contributed by atoms with E-state index in [4.69, 9.17) is 9.72 Å². The van der Waals surface area contributed by atoms with Crippen LogP contribution < -0.4 is 4.74 Å². The summed E-state index contributed by atoms with van der Waals surface area (Å²) in [5.74, 6) is 2.59. The second-order valence-electron chi connectivity index (χ2n) is 9.62. The molecule has 0 radical (unpaired) electrons. The van der Waals surface area contributed by atoms with Gasteiger partial charge in [-0.05, 0) is 47.0 Å². The van der Waals surface area contributed by atoms with Crippen molar-refractivity contribution in [3.8, 4) is 60.6 Å². The van der Waals surface area contributed by atoms with Crippen LogP contribution in [-0.2, 0) is 0 Å². The minimum Gasteiger partial charge on any atom is -0.452 e. The first kappa shape index (κ1) is 22.1. The molecule has 3 heterocycles. The van der Waals surface area contributed by atoms with Crippen LogP contribution in [0.25, 0.3) is 60.1 Å². The van der Waals surface area contributed by atoms with Gasteiger partial charge in [-0.25, -0.2) is 4.98 Å². The minimum absolute atomic E-state index is 0.825. The van der Waals surface area contributed by atoms with Crippen LogP contribution >= 0.6 is 11.3 Å². The fourth-order valence-corrected chi connectivity index (χ4v) is 6.42. The van der Waals surface area contributed by atoms with Gasteiger partial charge in [-0.3, -0.25) is 4.57 Å². The molecule has 0 unspecified atom stereocenters. The molecule has 0 saturated heterocycles. The summed E-state index contributed by atoms with van der Waals surface area (Å²) < 4.78 is 8.84. The van der Waals surface area contributed by atoms with Gasteiger partial charge in [0, 0.05) is 20.9 Å². The number of benzene rings is 5. The van der Waals surface area contributed by atoms with Crippen LogP contribution in [0.15, 0.2) is 133 Å². The zero-order valence-corrected chi connectivity index (χ0v) is 21.7. The Labute approximate surface area is 230 Å². The Balaban J connectivity index is 1.22. The average molecular weight is 519 g/mol. The van der Waals surface area contributed by atoms with Crippen molar-refractivity contribution >= 4 is 22.4 Å². The summed E-state index contributed by atoms with van der Waals surface area (Å²) in [6.45, 7) is 0. The number of hydrogen-bond donors (Lipinski definition) is 0. The first-order valence-corrected chi connectivity index (χ1v) is 13.8. The van der Waals surface area contributed by atoms with E-state index in [-0.39, 0.29) is 0 Å². The van der Waals surface area contributed by atoms with Gasteiger partial charge in [-0.2, -0.15) is 0 Å². The number of hydrogen-bond acceptors (Lipinski definition) is 3. The van der Waals surface area contributed by atoms with Gasteiger partial charge in [0.25, 0.3) is 0 Å². The van der Waals surface area contributed by atoms with Gasteiger partial charge in [0.1, 0.15) is 11.3 Å². The fraction of sp³-hybridized carbons (Fsp3) is 0. The first-order valence-electron chi connectivity index (χ1n) is 13.0. The van der Waals surface area contributed by atoms with Crippen LogP contribution in [0.1, 0.15) is 0 Å². The topological polar surface area (TPSA) is 27.1 Å². The standard InChI is InChI=1S/C35H22N2OS/c1-3-9-24(10-4-1)31-21-22-32(39-31)25-19-17-23(18-20-25)27-13-7-15-29-34(27)38-30-16-8-14-28-33(30)37(29)35(36-28)26-11-5-2-6-12-26/h1-22H. The third-order valence-electron chi connectivity index (χ3n) is 7.26. The van der Waals surface area contributed by atoms with Gasteiger partial charge < -0.3 is 4.74 Å². The highest BCUT2D eigenvalue weighted by molar-refractivity contribution is 7.18. The summed E-state index contributed by atoms with van der Waals surface area (Å²) in [6.07, 6.45) is 0. The molecule has 4 heteroatoms. The Morgan fingerprint density at radius 3 is 1.92 bits per heavy atom. The maximum atomic E-state index is 6.59. The summed E-state index contributed by atoms with van der Waals surface area (Å²) in [4.78, 5) is 7.54. The Morgan fingerprint density at radius 2 is 1.18 bits per heavy atom. The second kappa shape index (κ2) is 8.83. The van der Waals surface area contributed by atoms with Crippen molar-refractivity contribution < 1.29 is 4.74 Å². The smallest absolute Gasteiger partial charge is 0.159 e. The molecule has 0 fully saturated rings. The zero-order chi connectivity index (χ0) is 25.8.